The standard InChI is InChI=1S/C69H135BO6/c1-74-67(71)61-55-49-43-37-31-25-19-13-7-4-10-16-22-28-34-40-46-52-58-64-70(65-59-53-47-41-35-29-23-17-11-5-8-14-20-26-32-38-44-50-56-62-68(72)75-2)66-60-54-48-42-36-30-24-18-12-6-9-15-21-27-33-39-45-51-57-63-69(73)76-3/h4-66H2,1-3H3. The van der Waals surface area contributed by atoms with Crippen molar-refractivity contribution in [1.82, 2.24) is 0 Å². The highest BCUT2D eigenvalue weighted by atomic mass is 16.5. The third-order valence-electron chi connectivity index (χ3n) is 17.2. The molecule has 0 radical (unpaired) electrons. The third kappa shape index (κ3) is 63.3. The molecule has 0 aliphatic carbocycles. The van der Waals surface area contributed by atoms with Crippen LogP contribution in [0.3, 0.4) is 0 Å². The molecule has 0 spiro atoms. The van der Waals surface area contributed by atoms with Gasteiger partial charge in [0.05, 0.1) is 21.3 Å². The summed E-state index contributed by atoms with van der Waals surface area (Å²) in [6, 6.07) is 0. The molecule has 0 aromatic rings. The van der Waals surface area contributed by atoms with Crippen LogP contribution in [-0.4, -0.2) is 46.0 Å². The molecule has 0 rings (SSSR count). The Kier molecular flexibility index (Phi) is 64.7. The molecule has 76 heavy (non-hydrogen) atoms. The maximum absolute atomic E-state index is 11.2. The Hall–Kier alpha value is -1.53. The molecule has 7 heteroatoms. The van der Waals surface area contributed by atoms with E-state index >= 15 is 0 Å². The summed E-state index contributed by atoms with van der Waals surface area (Å²) in [7, 11) is 4.45. The molecule has 6 nitrogen and oxygen atoms in total. The Labute approximate surface area is 476 Å². The molecular formula is C69H135BO6. The fraction of sp³-hybridized carbons (Fsp3) is 0.957. The largest absolute Gasteiger partial charge is 0.469 e. The summed E-state index contributed by atoms with van der Waals surface area (Å²) in [6.45, 7) is 0.987. The van der Waals surface area contributed by atoms with Crippen molar-refractivity contribution in [2.24, 2.45) is 0 Å². The van der Waals surface area contributed by atoms with Crippen molar-refractivity contribution in [1.29, 1.82) is 0 Å². The van der Waals surface area contributed by atoms with Gasteiger partial charge in [-0.3, -0.25) is 14.4 Å². The van der Waals surface area contributed by atoms with E-state index in [1.807, 2.05) is 0 Å². The number of hydrogen-bond acceptors (Lipinski definition) is 6. The molecule has 0 aliphatic heterocycles. The van der Waals surface area contributed by atoms with Crippen molar-refractivity contribution in [3.63, 3.8) is 0 Å². The van der Waals surface area contributed by atoms with E-state index in [4.69, 9.17) is 14.2 Å². The van der Waals surface area contributed by atoms with E-state index in [2.05, 4.69) is 0 Å². The van der Waals surface area contributed by atoms with Gasteiger partial charge in [-0.15, -0.1) is 0 Å². The Morgan fingerprint density at radius 3 is 0.408 bits per heavy atom. The summed E-state index contributed by atoms with van der Waals surface area (Å²) in [5, 5.41) is 0. The summed E-state index contributed by atoms with van der Waals surface area (Å²) in [4.78, 5) is 33.6. The van der Waals surface area contributed by atoms with Gasteiger partial charge in [0.1, 0.15) is 6.71 Å². The van der Waals surface area contributed by atoms with Crippen molar-refractivity contribution >= 4 is 24.6 Å². The van der Waals surface area contributed by atoms with Gasteiger partial charge in [0.2, 0.25) is 0 Å². The highest BCUT2D eigenvalue weighted by molar-refractivity contribution is 6.58. The lowest BCUT2D eigenvalue weighted by Crippen LogP contribution is -2.12. The van der Waals surface area contributed by atoms with Gasteiger partial charge in [-0.2, -0.15) is 0 Å². The number of carbonyl (C=O) groups excluding carboxylic acids is 3. The van der Waals surface area contributed by atoms with Crippen LogP contribution in [-0.2, 0) is 28.6 Å². The number of esters is 3. The Bertz CT molecular complexity index is 1010. The first kappa shape index (κ1) is 74.5. The van der Waals surface area contributed by atoms with Crippen LogP contribution >= 0.6 is 0 Å². The normalized spacial score (nSPS) is 11.4. The molecule has 0 aliphatic rings. The minimum absolute atomic E-state index is 0.0617. The molecule has 450 valence electrons. The average molecular weight is 1070 g/mol. The lowest BCUT2D eigenvalue weighted by Gasteiger charge is -2.14. The molecule has 0 aromatic heterocycles. The van der Waals surface area contributed by atoms with Crippen LogP contribution in [0.1, 0.15) is 385 Å². The number of rotatable bonds is 66. The van der Waals surface area contributed by atoms with Gasteiger partial charge in [-0.05, 0) is 19.3 Å². The first-order valence-electron chi connectivity index (χ1n) is 34.7. The van der Waals surface area contributed by atoms with Crippen LogP contribution in [0, 0.1) is 0 Å². The molecule has 0 bridgehead atoms. The number of carbonyl (C=O) groups is 3. The van der Waals surface area contributed by atoms with Gasteiger partial charge < -0.3 is 14.2 Å². The predicted molar refractivity (Wildman–Crippen MR) is 333 cm³/mol. The molecule has 0 amide bonds. The number of ether oxygens (including phenoxy) is 3. The molecule has 0 saturated heterocycles. The van der Waals surface area contributed by atoms with Crippen LogP contribution in [0.4, 0.5) is 0 Å². The molecule has 0 heterocycles. The highest BCUT2D eigenvalue weighted by Gasteiger charge is 2.13. The fourth-order valence-corrected chi connectivity index (χ4v) is 11.9. The first-order chi connectivity index (χ1) is 37.5. The Morgan fingerprint density at radius 2 is 0.289 bits per heavy atom. The van der Waals surface area contributed by atoms with E-state index in [0.717, 1.165) is 26.0 Å². The summed E-state index contributed by atoms with van der Waals surface area (Å²) in [5.74, 6) is -0.185. The zero-order valence-corrected chi connectivity index (χ0v) is 52.1. The smallest absolute Gasteiger partial charge is 0.305 e. The monoisotopic (exact) mass is 1070 g/mol. The molecule has 0 unspecified atom stereocenters. The second-order valence-electron chi connectivity index (χ2n) is 24.4. The van der Waals surface area contributed by atoms with Gasteiger partial charge in [0.15, 0.2) is 0 Å². The lowest BCUT2D eigenvalue weighted by molar-refractivity contribution is -0.141. The van der Waals surface area contributed by atoms with Crippen LogP contribution in [0.5, 0.6) is 0 Å². The van der Waals surface area contributed by atoms with Crippen molar-refractivity contribution in [3.05, 3.63) is 0 Å². The van der Waals surface area contributed by atoms with Gasteiger partial charge in [-0.25, -0.2) is 0 Å². The van der Waals surface area contributed by atoms with Crippen molar-refractivity contribution < 1.29 is 28.6 Å². The number of hydrogen-bond donors (Lipinski definition) is 0. The predicted octanol–water partition coefficient (Wildman–Crippen LogP) is 23.4. The van der Waals surface area contributed by atoms with E-state index in [1.165, 1.54) is 387 Å². The van der Waals surface area contributed by atoms with Gasteiger partial charge >= 0.3 is 17.9 Å². The maximum Gasteiger partial charge on any atom is 0.305 e. The minimum atomic E-state index is -0.0617. The van der Waals surface area contributed by atoms with Crippen molar-refractivity contribution in [2.75, 3.05) is 21.3 Å². The zero-order valence-electron chi connectivity index (χ0n) is 52.1. The van der Waals surface area contributed by atoms with E-state index in [-0.39, 0.29) is 17.9 Å². The molecule has 0 N–H and O–H groups in total. The minimum Gasteiger partial charge on any atom is -0.469 e. The molecule has 0 aromatic carbocycles. The summed E-state index contributed by atoms with van der Waals surface area (Å²) < 4.78 is 14.2. The third-order valence-corrected chi connectivity index (χ3v) is 17.2. The first-order valence-corrected chi connectivity index (χ1v) is 34.7. The SMILES string of the molecule is COC(=O)CCCCCCCCCCCCCCCCCCCCCB(CCCCCCCCCCCCCCCCCCCCCC(=O)OC)CCCCCCCCCCCCCCCCCCCCCC(=O)OC. The quantitative estimate of drug-likeness (QED) is 0.0261. The number of methoxy groups -OCH3 is 3. The van der Waals surface area contributed by atoms with Gasteiger partial charge in [-0.1, -0.05) is 366 Å². The van der Waals surface area contributed by atoms with E-state index in [9.17, 15) is 14.4 Å². The summed E-state index contributed by atoms with van der Waals surface area (Å²) in [5.41, 5.74) is 0. The summed E-state index contributed by atoms with van der Waals surface area (Å²) >= 11 is 0. The van der Waals surface area contributed by atoms with Gasteiger partial charge in [0.25, 0.3) is 0 Å². The second kappa shape index (κ2) is 66.0. The molecule has 0 fully saturated rings. The molecule has 0 saturated carbocycles. The van der Waals surface area contributed by atoms with Crippen LogP contribution in [0.25, 0.3) is 0 Å². The fourth-order valence-electron chi connectivity index (χ4n) is 11.9. The Balaban J connectivity index is 4.02. The van der Waals surface area contributed by atoms with E-state index < -0.39 is 0 Å². The number of unbranched alkanes of at least 4 members (excludes halogenated alkanes) is 54. The highest BCUT2D eigenvalue weighted by Crippen LogP contribution is 2.23. The molecular weight excluding hydrogens is 936 g/mol. The topological polar surface area (TPSA) is 78.9 Å². The van der Waals surface area contributed by atoms with Crippen LogP contribution in [0.2, 0.25) is 19.0 Å². The summed E-state index contributed by atoms with van der Waals surface area (Å²) in [6.07, 6.45) is 85.3. The maximum atomic E-state index is 11.2. The van der Waals surface area contributed by atoms with Crippen molar-refractivity contribution in [2.45, 2.75) is 404 Å². The molecule has 0 atom stereocenters. The second-order valence-corrected chi connectivity index (χ2v) is 24.4. The Morgan fingerprint density at radius 1 is 0.184 bits per heavy atom. The van der Waals surface area contributed by atoms with E-state index in [1.54, 1.807) is 0 Å². The van der Waals surface area contributed by atoms with Gasteiger partial charge in [0, 0.05) is 19.3 Å². The van der Waals surface area contributed by atoms with E-state index in [0.29, 0.717) is 19.3 Å². The average Bonchev–Trinajstić information content (AvgIpc) is 3.43. The van der Waals surface area contributed by atoms with Crippen LogP contribution in [0.15, 0.2) is 0 Å². The van der Waals surface area contributed by atoms with Crippen LogP contribution < -0.4 is 0 Å². The van der Waals surface area contributed by atoms with Crippen molar-refractivity contribution in [3.8, 4) is 0 Å². The lowest BCUT2D eigenvalue weighted by atomic mass is 9.41. The zero-order chi connectivity index (χ0) is 55.0.